The number of halogens is 2. The van der Waals surface area contributed by atoms with Gasteiger partial charge in [0.15, 0.2) is 0 Å². The van der Waals surface area contributed by atoms with Crippen LogP contribution in [0, 0.1) is 12.5 Å². The number of hydroxylamine groups is 1. The van der Waals surface area contributed by atoms with Gasteiger partial charge >= 0.3 is 0 Å². The first-order valence-corrected chi connectivity index (χ1v) is 22.0. The molecule has 0 radical (unpaired) electrons. The maximum Gasteiger partial charge on any atom is 0.274 e. The van der Waals surface area contributed by atoms with Gasteiger partial charge in [0.2, 0.25) is 0 Å². The minimum absolute atomic E-state index is 0.148. The number of amides is 2. The molecule has 0 unspecified atom stereocenters. The molecule has 7 aromatic carbocycles. The van der Waals surface area contributed by atoms with Crippen molar-refractivity contribution in [3.8, 4) is 12.5 Å². The number of anilines is 1. The monoisotopic (exact) mass is 919 g/mol. The Morgan fingerprint density at radius 3 is 1.53 bits per heavy atom. The lowest BCUT2D eigenvalue weighted by Gasteiger charge is -2.09. The smallest absolute Gasteiger partial charge is 0.274 e. The predicted molar refractivity (Wildman–Crippen MR) is 260 cm³/mol. The predicted octanol–water partition coefficient (Wildman–Crippen LogP) is 12.0. The third kappa shape index (κ3) is 11.2. The van der Waals surface area contributed by atoms with E-state index in [1.165, 1.54) is 14.2 Å². The zero-order valence-electron chi connectivity index (χ0n) is 34.5. The number of terminal acetylenes is 1. The van der Waals surface area contributed by atoms with Gasteiger partial charge < -0.3 is 15.8 Å². The van der Waals surface area contributed by atoms with Crippen LogP contribution in [0.5, 0.6) is 0 Å². The fourth-order valence-electron chi connectivity index (χ4n) is 6.49. The Morgan fingerprint density at radius 2 is 1.08 bits per heavy atom. The molecule has 0 saturated heterocycles. The van der Waals surface area contributed by atoms with Gasteiger partial charge in [-0.15, -0.1) is 0 Å². The van der Waals surface area contributed by atoms with E-state index in [1.807, 2.05) is 127 Å². The van der Waals surface area contributed by atoms with Gasteiger partial charge in [-0.1, -0.05) is 126 Å². The van der Waals surface area contributed by atoms with Crippen molar-refractivity contribution in [1.82, 2.24) is 10.8 Å². The number of benzene rings is 7. The van der Waals surface area contributed by atoms with E-state index in [9.17, 15) is 9.59 Å². The number of ether oxygens (including phenoxy) is 1. The lowest BCUT2D eigenvalue weighted by atomic mass is 10.0. The van der Waals surface area contributed by atoms with Crippen LogP contribution >= 0.6 is 46.7 Å². The molecule has 64 heavy (non-hydrogen) atoms. The second-order valence-electron chi connectivity index (χ2n) is 13.9. The number of carbonyl (C=O) groups excluding carboxylic acids is 2. The summed E-state index contributed by atoms with van der Waals surface area (Å²) in [6, 6.07) is 50.2. The van der Waals surface area contributed by atoms with Crippen LogP contribution in [0.2, 0.25) is 10.0 Å². The normalized spacial score (nSPS) is 11.8. The van der Waals surface area contributed by atoms with Crippen LogP contribution in [0.25, 0.3) is 0 Å². The summed E-state index contributed by atoms with van der Waals surface area (Å²) in [5.74, 6) is -0.458. The summed E-state index contributed by atoms with van der Waals surface area (Å²) in [5.41, 5.74) is 18.1. The SMILES string of the molecule is C#COC.CONC(=O)c1ccc2c(c1)N=C(c1ccc(Cl)cc1)c1ccccc1S2.Nc1ccc(CNC(=O)c2ccc3c(c2)N=C(c2ccc(Cl)cc2)c2ccccc2S3)cc1. The van der Waals surface area contributed by atoms with Gasteiger partial charge in [0.1, 0.15) is 6.11 Å². The standard InChI is InChI=1S/C27H20ClN3OS.C21H15ClN2O2S.C3H4O/c28-20-10-7-18(8-11-20)26-22-3-1-2-4-24(22)33-25-14-9-19(15-23(25)31-26)27(32)30-16-17-5-12-21(29)13-6-17;1-26-24-21(25)14-8-11-19-17(12-14)23-20(13-6-9-15(22)10-7-13)16-4-2-3-5-18(16)27-19;1-3-4-2/h1-15H,16,29H2,(H,30,32);2-12H,1H3,(H,24,25);1H,2H3. The molecule has 2 aliphatic heterocycles. The molecule has 13 heteroatoms. The van der Waals surface area contributed by atoms with E-state index in [2.05, 4.69) is 46.2 Å². The summed E-state index contributed by atoms with van der Waals surface area (Å²) in [7, 11) is 2.85. The van der Waals surface area contributed by atoms with Gasteiger partial charge in [-0.2, -0.15) is 0 Å². The molecule has 0 aromatic heterocycles. The molecule has 0 aliphatic carbocycles. The van der Waals surface area contributed by atoms with Crippen LogP contribution in [0.15, 0.2) is 187 Å². The van der Waals surface area contributed by atoms with E-state index in [1.54, 1.807) is 35.7 Å². The maximum atomic E-state index is 12.9. The average molecular weight is 921 g/mol. The zero-order valence-corrected chi connectivity index (χ0v) is 37.6. The Hall–Kier alpha value is -6.78. The number of hydrogen-bond acceptors (Lipinski definition) is 9. The van der Waals surface area contributed by atoms with Crippen molar-refractivity contribution in [2.75, 3.05) is 20.0 Å². The Morgan fingerprint density at radius 1 is 0.625 bits per heavy atom. The number of aliphatic imine (C=N–C) groups is 2. The van der Waals surface area contributed by atoms with E-state index in [4.69, 9.17) is 43.8 Å². The van der Waals surface area contributed by atoms with Crippen molar-refractivity contribution in [2.45, 2.75) is 26.1 Å². The van der Waals surface area contributed by atoms with Crippen LogP contribution in [-0.4, -0.2) is 37.5 Å². The third-order valence-electron chi connectivity index (χ3n) is 9.61. The molecular formula is C51H39Cl2N5O4S2. The molecule has 0 fully saturated rings. The van der Waals surface area contributed by atoms with Crippen LogP contribution in [0.4, 0.5) is 17.1 Å². The fourth-order valence-corrected chi connectivity index (χ4v) is 8.75. The van der Waals surface area contributed by atoms with Gasteiger partial charge in [-0.05, 0) is 90.5 Å². The zero-order chi connectivity index (χ0) is 45.0. The number of carbonyl (C=O) groups is 2. The summed E-state index contributed by atoms with van der Waals surface area (Å²) in [6.07, 6.45) is 6.49. The molecule has 0 saturated carbocycles. The molecular weight excluding hydrogens is 882 g/mol. The molecule has 9 nitrogen and oxygen atoms in total. The molecule has 7 aromatic rings. The van der Waals surface area contributed by atoms with Crippen LogP contribution in [0.1, 0.15) is 48.5 Å². The number of methoxy groups -OCH3 is 1. The third-order valence-corrected chi connectivity index (χ3v) is 12.4. The Bertz CT molecular complexity index is 2920. The summed E-state index contributed by atoms with van der Waals surface area (Å²) < 4.78 is 4.07. The largest absolute Gasteiger partial charge is 0.450 e. The van der Waals surface area contributed by atoms with E-state index in [-0.39, 0.29) is 11.8 Å². The van der Waals surface area contributed by atoms with Crippen molar-refractivity contribution >= 4 is 87.0 Å². The minimum atomic E-state index is -0.310. The summed E-state index contributed by atoms with van der Waals surface area (Å²) in [6.45, 7) is 0.426. The number of rotatable bonds is 7. The van der Waals surface area contributed by atoms with Crippen molar-refractivity contribution in [2.24, 2.45) is 9.98 Å². The van der Waals surface area contributed by atoms with E-state index in [0.717, 1.165) is 70.2 Å². The van der Waals surface area contributed by atoms with Crippen LogP contribution in [0.3, 0.4) is 0 Å². The highest BCUT2D eigenvalue weighted by atomic mass is 35.5. The first-order valence-electron chi connectivity index (χ1n) is 19.6. The molecule has 2 aliphatic rings. The van der Waals surface area contributed by atoms with Gasteiger partial charge in [0.05, 0.1) is 37.0 Å². The van der Waals surface area contributed by atoms with Gasteiger partial charge in [0.25, 0.3) is 11.8 Å². The Balaban J connectivity index is 0.000000180. The molecule has 0 bridgehead atoms. The molecule has 4 N–H and O–H groups in total. The molecule has 2 amide bonds. The number of nitrogens with zero attached hydrogens (tertiary/aromatic N) is 2. The Labute approximate surface area is 390 Å². The second kappa shape index (κ2) is 21.5. The summed E-state index contributed by atoms with van der Waals surface area (Å²) in [4.78, 5) is 43.8. The van der Waals surface area contributed by atoms with E-state index >= 15 is 0 Å². The minimum Gasteiger partial charge on any atom is -0.450 e. The van der Waals surface area contributed by atoms with E-state index in [0.29, 0.717) is 33.4 Å². The molecule has 0 spiro atoms. The van der Waals surface area contributed by atoms with Crippen LogP contribution in [-0.2, 0) is 16.1 Å². The highest BCUT2D eigenvalue weighted by molar-refractivity contribution is 7.99. The van der Waals surface area contributed by atoms with Crippen molar-refractivity contribution in [3.05, 3.63) is 207 Å². The summed E-state index contributed by atoms with van der Waals surface area (Å²) in [5, 5.41) is 4.33. The highest BCUT2D eigenvalue weighted by Crippen LogP contribution is 2.43. The Kier molecular flexibility index (Phi) is 15.2. The van der Waals surface area contributed by atoms with E-state index < -0.39 is 0 Å². The quantitative estimate of drug-likeness (QED) is 0.0825. The molecule has 0 atom stereocenters. The number of fused-ring (bicyclic) bond motifs is 4. The van der Waals surface area contributed by atoms with Gasteiger partial charge in [-0.3, -0.25) is 14.4 Å². The molecule has 2 heterocycles. The number of hydrogen-bond donors (Lipinski definition) is 3. The van der Waals surface area contributed by atoms with Gasteiger partial charge in [-0.25, -0.2) is 15.5 Å². The maximum absolute atomic E-state index is 12.9. The van der Waals surface area contributed by atoms with Crippen molar-refractivity contribution in [1.29, 1.82) is 0 Å². The number of nitrogen functional groups attached to an aromatic ring is 1. The lowest BCUT2D eigenvalue weighted by Crippen LogP contribution is -2.22. The first-order chi connectivity index (χ1) is 31.1. The number of nitrogens with one attached hydrogen (secondary N) is 2. The molecule has 9 rings (SSSR count). The first kappa shape index (κ1) is 45.3. The van der Waals surface area contributed by atoms with Crippen LogP contribution < -0.4 is 16.5 Å². The topological polar surface area (TPSA) is 127 Å². The highest BCUT2D eigenvalue weighted by Gasteiger charge is 2.22. The van der Waals surface area contributed by atoms with Crippen molar-refractivity contribution < 1.29 is 19.2 Å². The lowest BCUT2D eigenvalue weighted by molar-refractivity contribution is 0.0537. The average Bonchev–Trinajstić information content (AvgIpc) is 3.60. The number of nitrogens with two attached hydrogens (primary N) is 1. The fraction of sp³-hybridized carbons (Fsp3) is 0.0588. The second-order valence-corrected chi connectivity index (χ2v) is 16.9. The van der Waals surface area contributed by atoms with Gasteiger partial charge in [0, 0.05) is 75.2 Å². The van der Waals surface area contributed by atoms with Crippen molar-refractivity contribution in [3.63, 3.8) is 0 Å². The molecule has 318 valence electrons. The summed E-state index contributed by atoms with van der Waals surface area (Å²) >= 11 is 15.4.